The second-order valence-corrected chi connectivity index (χ2v) is 21.6. The van der Waals surface area contributed by atoms with Gasteiger partial charge in [0.2, 0.25) is 5.95 Å². The Balaban J connectivity index is 1.43. The van der Waals surface area contributed by atoms with E-state index < -0.39 is 36.8 Å². The van der Waals surface area contributed by atoms with E-state index in [0.29, 0.717) is 31.6 Å². The number of nitrogens with one attached hydrogen (secondary N) is 1. The molecule has 5 aromatic rings. The van der Waals surface area contributed by atoms with Gasteiger partial charge in [0.05, 0.1) is 22.9 Å². The number of anilines is 2. The Kier molecular flexibility index (Phi) is 13.3. The molecular weight excluding hydrogens is 867 g/mol. The van der Waals surface area contributed by atoms with Crippen LogP contribution in [-0.4, -0.2) is 104 Å². The lowest BCUT2D eigenvalue weighted by atomic mass is 9.91. The van der Waals surface area contributed by atoms with Gasteiger partial charge in [-0.25, -0.2) is 4.79 Å². The number of aromatic nitrogens is 11. The molecular formula is C27H37N17O7S6. The first-order valence-corrected chi connectivity index (χ1v) is 23.2. The van der Waals surface area contributed by atoms with Gasteiger partial charge in [0, 0.05) is 22.3 Å². The first kappa shape index (κ1) is 43.8. The molecule has 0 aromatic carbocycles. The van der Waals surface area contributed by atoms with E-state index in [-0.39, 0.29) is 69.5 Å². The highest BCUT2D eigenvalue weighted by Crippen LogP contribution is 2.40. The molecule has 0 unspecified atom stereocenters. The zero-order valence-electron chi connectivity index (χ0n) is 31.0. The molecule has 0 spiro atoms. The summed E-state index contributed by atoms with van der Waals surface area (Å²) in [5.74, 6) is -0.428. The van der Waals surface area contributed by atoms with Crippen molar-refractivity contribution in [2.75, 3.05) is 34.5 Å². The first-order chi connectivity index (χ1) is 26.5. The van der Waals surface area contributed by atoms with Crippen LogP contribution in [0.4, 0.5) is 33.3 Å². The number of nitrogens with two attached hydrogens (primary N) is 2. The monoisotopic (exact) mass is 903 g/mol. The first-order valence-electron chi connectivity index (χ1n) is 16.4. The van der Waals surface area contributed by atoms with Gasteiger partial charge in [-0.2, -0.15) is 46.4 Å². The van der Waals surface area contributed by atoms with E-state index in [2.05, 4.69) is 66.0 Å². The standard InChI is InChI=1S/C27H37N17O7S6/c1-26(2,3)15-13(33-35-22-37-39-24(54-22)52-9-7-11-56(46,47)48)17(28)43(41-15)19-30-20(32-21(45)31-19)44-18(29)14(16(42-44)27(4,5)6)34-36-23-38-40-25(55-23)53-10-8-12-57(49,50)51/h7-12,28-29H2,1-6H3,(H,46,47,48)(H,49,50,51)(H,30,31,32,45). The van der Waals surface area contributed by atoms with Gasteiger partial charge in [-0.3, -0.25) is 14.1 Å². The maximum atomic E-state index is 13.0. The van der Waals surface area contributed by atoms with Crippen LogP contribution >= 0.6 is 46.2 Å². The Morgan fingerprint density at radius 3 is 1.58 bits per heavy atom. The van der Waals surface area contributed by atoms with Crippen molar-refractivity contribution in [2.45, 2.75) is 73.9 Å². The number of H-pyrrole nitrogens is 1. The number of nitrogen functional groups attached to an aromatic ring is 2. The molecule has 5 aromatic heterocycles. The molecule has 7 N–H and O–H groups in total. The minimum Gasteiger partial charge on any atom is -0.382 e. The van der Waals surface area contributed by atoms with Crippen molar-refractivity contribution >= 4 is 99.7 Å². The van der Waals surface area contributed by atoms with Crippen LogP contribution in [0.3, 0.4) is 0 Å². The zero-order chi connectivity index (χ0) is 41.9. The molecule has 0 aliphatic carbocycles. The smallest absolute Gasteiger partial charge is 0.351 e. The summed E-state index contributed by atoms with van der Waals surface area (Å²) in [5.41, 5.74) is 12.2. The van der Waals surface area contributed by atoms with Crippen LogP contribution in [0.5, 0.6) is 0 Å². The summed E-state index contributed by atoms with van der Waals surface area (Å²) in [4.78, 5) is 24.0. The van der Waals surface area contributed by atoms with Gasteiger partial charge < -0.3 is 11.5 Å². The second-order valence-electron chi connectivity index (χ2n) is 13.8. The van der Waals surface area contributed by atoms with Gasteiger partial charge in [-0.05, 0) is 12.8 Å². The molecule has 0 saturated heterocycles. The van der Waals surface area contributed by atoms with Crippen molar-refractivity contribution in [1.82, 2.24) is 54.9 Å². The quantitative estimate of drug-likeness (QED) is 0.0392. The van der Waals surface area contributed by atoms with Crippen molar-refractivity contribution in [3.8, 4) is 11.9 Å². The van der Waals surface area contributed by atoms with E-state index >= 15 is 0 Å². The molecule has 0 radical (unpaired) electrons. The molecule has 0 amide bonds. The number of hydrogen-bond donors (Lipinski definition) is 5. The Morgan fingerprint density at radius 2 is 1.14 bits per heavy atom. The normalized spacial score (nSPS) is 13.1. The third-order valence-corrected chi connectivity index (χ3v) is 12.7. The van der Waals surface area contributed by atoms with Gasteiger partial charge in [0.25, 0.3) is 36.4 Å². The molecule has 308 valence electrons. The molecule has 0 aliphatic rings. The van der Waals surface area contributed by atoms with Crippen molar-refractivity contribution in [3.05, 3.63) is 21.9 Å². The minimum absolute atomic E-state index is 0.0281. The fraction of sp³-hybridized carbons (Fsp3) is 0.519. The predicted molar refractivity (Wildman–Crippen MR) is 215 cm³/mol. The van der Waals surface area contributed by atoms with E-state index in [1.165, 1.54) is 28.2 Å². The van der Waals surface area contributed by atoms with E-state index in [9.17, 15) is 21.6 Å². The Hall–Kier alpha value is -4.33. The number of hydrogen-bond acceptors (Lipinski definition) is 23. The summed E-state index contributed by atoms with van der Waals surface area (Å²) in [6.07, 6.45) is 0.433. The van der Waals surface area contributed by atoms with Crippen LogP contribution in [0.1, 0.15) is 65.8 Å². The molecule has 5 heterocycles. The number of azo groups is 2. The number of rotatable bonds is 16. The molecule has 5 rings (SSSR count). The van der Waals surface area contributed by atoms with Gasteiger partial charge >= 0.3 is 5.69 Å². The topological polar surface area (TPSA) is 356 Å². The van der Waals surface area contributed by atoms with Crippen LogP contribution in [0.2, 0.25) is 0 Å². The van der Waals surface area contributed by atoms with Crippen molar-refractivity contribution < 1.29 is 25.9 Å². The molecule has 57 heavy (non-hydrogen) atoms. The van der Waals surface area contributed by atoms with E-state index in [1.54, 1.807) is 0 Å². The largest absolute Gasteiger partial charge is 0.382 e. The lowest BCUT2D eigenvalue weighted by Crippen LogP contribution is -2.22. The summed E-state index contributed by atoms with van der Waals surface area (Å²) in [6.45, 7) is 11.3. The van der Waals surface area contributed by atoms with Crippen molar-refractivity contribution in [2.24, 2.45) is 20.5 Å². The van der Waals surface area contributed by atoms with E-state index in [0.717, 1.165) is 27.4 Å². The SMILES string of the molecule is CC(C)(C)c1nn(-c2nc(-n3nc(C(C)(C)C)c(N=Nc4nnc(SCCCS(=O)(=O)O)s4)c3N)[nH]c(=O)n2)c(N)c1N=Nc1nnc(SCCCS(=O)(=O)O)s1. The molecule has 0 saturated carbocycles. The lowest BCUT2D eigenvalue weighted by molar-refractivity contribution is 0.480. The number of aromatic amines is 1. The minimum atomic E-state index is -4.06. The highest BCUT2D eigenvalue weighted by atomic mass is 32.2. The van der Waals surface area contributed by atoms with Crippen molar-refractivity contribution in [3.63, 3.8) is 0 Å². The van der Waals surface area contributed by atoms with E-state index in [1.807, 2.05) is 41.5 Å². The summed E-state index contributed by atoms with van der Waals surface area (Å²) in [6, 6.07) is 0. The molecule has 0 fully saturated rings. The third-order valence-electron chi connectivity index (χ3n) is 7.03. The summed E-state index contributed by atoms with van der Waals surface area (Å²) in [5, 5.41) is 42.7. The van der Waals surface area contributed by atoms with Crippen LogP contribution in [0, 0.1) is 0 Å². The average Bonchev–Trinajstić information content (AvgIpc) is 3.87. The Bertz CT molecular complexity index is 2410. The van der Waals surface area contributed by atoms with Gasteiger partial charge in [0.1, 0.15) is 0 Å². The molecule has 0 aliphatic heterocycles. The van der Waals surface area contributed by atoms with Crippen molar-refractivity contribution in [1.29, 1.82) is 0 Å². The van der Waals surface area contributed by atoms with Gasteiger partial charge in [-0.1, -0.05) is 87.7 Å². The van der Waals surface area contributed by atoms with Gasteiger partial charge in [0.15, 0.2) is 31.7 Å². The average molecular weight is 904 g/mol. The highest BCUT2D eigenvalue weighted by molar-refractivity contribution is 8.01. The molecule has 30 heteroatoms. The molecule has 24 nitrogen and oxygen atoms in total. The molecule has 0 atom stereocenters. The Morgan fingerprint density at radius 1 is 0.702 bits per heavy atom. The second kappa shape index (κ2) is 17.3. The maximum absolute atomic E-state index is 13.0. The number of thioether (sulfide) groups is 2. The van der Waals surface area contributed by atoms with Crippen LogP contribution in [0.15, 0.2) is 33.9 Å². The zero-order valence-corrected chi connectivity index (χ0v) is 35.9. The Labute approximate surface area is 341 Å². The highest BCUT2D eigenvalue weighted by Gasteiger charge is 2.30. The molecule has 0 bridgehead atoms. The van der Waals surface area contributed by atoms with E-state index in [4.69, 9.17) is 20.6 Å². The summed E-state index contributed by atoms with van der Waals surface area (Å²) < 4.78 is 65.1. The summed E-state index contributed by atoms with van der Waals surface area (Å²) >= 11 is 4.73. The van der Waals surface area contributed by atoms with Crippen LogP contribution in [-0.2, 0) is 31.1 Å². The van der Waals surface area contributed by atoms with Crippen LogP contribution < -0.4 is 17.2 Å². The van der Waals surface area contributed by atoms with Crippen LogP contribution in [0.25, 0.3) is 11.9 Å². The maximum Gasteiger partial charge on any atom is 0.351 e. The lowest BCUT2D eigenvalue weighted by Gasteiger charge is -2.15. The fourth-order valence-corrected chi connectivity index (χ4v) is 9.24. The number of nitrogens with zero attached hydrogens (tertiary/aromatic N) is 14. The fourth-order valence-electron chi connectivity index (χ4n) is 4.51. The predicted octanol–water partition coefficient (Wildman–Crippen LogP) is 4.57. The van der Waals surface area contributed by atoms with Gasteiger partial charge in [-0.15, -0.1) is 40.9 Å². The third kappa shape index (κ3) is 11.9. The summed E-state index contributed by atoms with van der Waals surface area (Å²) in [7, 11) is -8.12.